The lowest BCUT2D eigenvalue weighted by Gasteiger charge is -2.37. The van der Waals surface area contributed by atoms with Crippen molar-refractivity contribution >= 4 is 63.3 Å². The molecular weight excluding hydrogens is 462 g/mol. The molecule has 0 bridgehead atoms. The molecule has 30 heavy (non-hydrogen) atoms. The number of benzene rings is 2. The third kappa shape index (κ3) is 4.36. The van der Waals surface area contributed by atoms with Crippen LogP contribution in [0.4, 0.5) is 5.69 Å². The number of thiocarbonyl (C=S) groups is 1. The molecule has 4 rings (SSSR count). The molecular formula is C20H20ClN3O3S3. The fourth-order valence-corrected chi connectivity index (χ4v) is 6.09. The van der Waals surface area contributed by atoms with Gasteiger partial charge in [0.05, 0.1) is 19.9 Å². The average molecular weight is 482 g/mol. The van der Waals surface area contributed by atoms with E-state index in [1.165, 1.54) is 11.8 Å². The van der Waals surface area contributed by atoms with E-state index in [9.17, 15) is 4.79 Å². The number of methoxy groups -OCH3 is 2. The van der Waals surface area contributed by atoms with Crippen LogP contribution in [0.25, 0.3) is 0 Å². The Kier molecular flexibility index (Phi) is 6.64. The van der Waals surface area contributed by atoms with Crippen molar-refractivity contribution in [2.75, 3.05) is 19.1 Å². The summed E-state index contributed by atoms with van der Waals surface area (Å²) in [6.45, 7) is 0. The third-order valence-electron chi connectivity index (χ3n) is 4.79. The molecule has 2 aliphatic heterocycles. The minimum atomic E-state index is -0.352. The highest BCUT2D eigenvalue weighted by atomic mass is 35.5. The fraction of sp³-hybridized carbons (Fsp3) is 0.300. The maximum Gasteiger partial charge on any atom is 0.238 e. The number of anilines is 1. The fourth-order valence-electron chi connectivity index (χ4n) is 3.38. The molecule has 2 aromatic carbocycles. The Morgan fingerprint density at radius 2 is 2.07 bits per heavy atom. The molecule has 2 heterocycles. The molecule has 1 amide bonds. The lowest BCUT2D eigenvalue weighted by atomic mass is 10.2. The minimum absolute atomic E-state index is 0.0438. The van der Waals surface area contributed by atoms with Crippen LogP contribution >= 0.6 is 47.3 Å². The second-order valence-electron chi connectivity index (χ2n) is 6.65. The zero-order valence-corrected chi connectivity index (χ0v) is 19.5. The molecule has 10 heteroatoms. The van der Waals surface area contributed by atoms with Crippen LogP contribution in [0.15, 0.2) is 42.5 Å². The zero-order valence-electron chi connectivity index (χ0n) is 16.3. The molecule has 3 unspecified atom stereocenters. The maximum absolute atomic E-state index is 12.8. The number of nitrogens with one attached hydrogen (secondary N) is 2. The second kappa shape index (κ2) is 9.23. The van der Waals surface area contributed by atoms with Gasteiger partial charge in [0.25, 0.3) is 0 Å². The number of nitrogens with zero attached hydrogens (tertiary/aromatic N) is 1. The summed E-state index contributed by atoms with van der Waals surface area (Å²) in [5.74, 6) is 2.13. The van der Waals surface area contributed by atoms with Gasteiger partial charge in [-0.05, 0) is 35.9 Å². The van der Waals surface area contributed by atoms with Crippen LogP contribution < -0.4 is 25.0 Å². The van der Waals surface area contributed by atoms with Crippen LogP contribution in [0.1, 0.15) is 5.56 Å². The second-order valence-corrected chi connectivity index (χ2v) is 9.96. The van der Waals surface area contributed by atoms with Gasteiger partial charge in [-0.1, -0.05) is 47.7 Å². The van der Waals surface area contributed by atoms with E-state index in [1.54, 1.807) is 38.1 Å². The number of ether oxygens (including phenoxy) is 2. The van der Waals surface area contributed by atoms with Crippen molar-refractivity contribution in [2.45, 2.75) is 22.7 Å². The first-order chi connectivity index (χ1) is 14.5. The summed E-state index contributed by atoms with van der Waals surface area (Å²) in [6.07, 6.45) is -0.300. The molecule has 2 aromatic rings. The lowest BCUT2D eigenvalue weighted by molar-refractivity contribution is -0.122. The lowest BCUT2D eigenvalue weighted by Crippen LogP contribution is -2.64. The number of amides is 1. The molecule has 6 nitrogen and oxygen atoms in total. The Morgan fingerprint density at radius 3 is 2.83 bits per heavy atom. The van der Waals surface area contributed by atoms with Crippen LogP contribution in [0.3, 0.4) is 0 Å². The predicted octanol–water partition coefficient (Wildman–Crippen LogP) is 3.83. The Balaban J connectivity index is 1.53. The van der Waals surface area contributed by atoms with Gasteiger partial charge in [0.1, 0.15) is 32.7 Å². The Labute approximate surface area is 194 Å². The topological polar surface area (TPSA) is 62.8 Å². The van der Waals surface area contributed by atoms with Crippen LogP contribution in [0.2, 0.25) is 5.02 Å². The van der Waals surface area contributed by atoms with Crippen molar-refractivity contribution in [3.8, 4) is 11.5 Å². The normalized spacial score (nSPS) is 23.2. The molecule has 0 aliphatic carbocycles. The maximum atomic E-state index is 12.8. The quantitative estimate of drug-likeness (QED) is 0.604. The van der Waals surface area contributed by atoms with Crippen LogP contribution in [0.5, 0.6) is 11.5 Å². The molecule has 0 spiro atoms. The Bertz CT molecular complexity index is 977. The molecule has 2 saturated heterocycles. The summed E-state index contributed by atoms with van der Waals surface area (Å²) in [5, 5.41) is 6.77. The molecule has 2 N–H and O–H groups in total. The smallest absolute Gasteiger partial charge is 0.238 e. The summed E-state index contributed by atoms with van der Waals surface area (Å²) >= 11 is 14.8. The number of fused-ring (bicyclic) bond motifs is 1. The van der Waals surface area contributed by atoms with Crippen molar-refractivity contribution in [2.24, 2.45) is 0 Å². The van der Waals surface area contributed by atoms with E-state index in [2.05, 4.69) is 10.6 Å². The van der Waals surface area contributed by atoms with Gasteiger partial charge in [-0.2, -0.15) is 0 Å². The van der Waals surface area contributed by atoms with Gasteiger partial charge >= 0.3 is 0 Å². The van der Waals surface area contributed by atoms with Crippen LogP contribution in [-0.2, 0) is 10.5 Å². The van der Waals surface area contributed by atoms with E-state index in [0.29, 0.717) is 20.8 Å². The summed E-state index contributed by atoms with van der Waals surface area (Å²) in [5.41, 5.74) is 1.59. The Morgan fingerprint density at radius 1 is 1.23 bits per heavy atom. The number of rotatable bonds is 6. The SMILES string of the molecule is COc1cccc(CSC2NC(=O)C3SC(=S)N(c4cc(Cl)ccc4OC)C3N2)c1. The summed E-state index contributed by atoms with van der Waals surface area (Å²) in [7, 11) is 3.25. The van der Waals surface area contributed by atoms with Gasteiger partial charge in [0.2, 0.25) is 5.91 Å². The van der Waals surface area contributed by atoms with Gasteiger partial charge < -0.3 is 19.7 Å². The summed E-state index contributed by atoms with van der Waals surface area (Å²) in [6, 6.07) is 13.3. The highest BCUT2D eigenvalue weighted by molar-refractivity contribution is 8.24. The van der Waals surface area contributed by atoms with E-state index in [-0.39, 0.29) is 22.8 Å². The first-order valence-electron chi connectivity index (χ1n) is 9.14. The predicted molar refractivity (Wildman–Crippen MR) is 128 cm³/mol. The molecule has 158 valence electrons. The van der Waals surface area contributed by atoms with Crippen molar-refractivity contribution in [1.82, 2.24) is 10.6 Å². The van der Waals surface area contributed by atoms with Gasteiger partial charge in [-0.25, -0.2) is 0 Å². The van der Waals surface area contributed by atoms with Crippen molar-refractivity contribution < 1.29 is 14.3 Å². The summed E-state index contributed by atoms with van der Waals surface area (Å²) < 4.78 is 11.4. The monoisotopic (exact) mass is 481 g/mol. The van der Waals surface area contributed by atoms with E-state index < -0.39 is 0 Å². The number of hydrogen-bond donors (Lipinski definition) is 2. The highest BCUT2D eigenvalue weighted by Gasteiger charge is 2.48. The third-order valence-corrected chi connectivity index (χ3v) is 7.73. The van der Waals surface area contributed by atoms with E-state index in [0.717, 1.165) is 17.0 Å². The molecule has 3 atom stereocenters. The van der Waals surface area contributed by atoms with Crippen molar-refractivity contribution in [3.63, 3.8) is 0 Å². The largest absolute Gasteiger partial charge is 0.497 e. The molecule has 2 fully saturated rings. The molecule has 0 aromatic heterocycles. The van der Waals surface area contributed by atoms with Crippen LogP contribution in [-0.4, -0.2) is 41.4 Å². The van der Waals surface area contributed by atoms with E-state index in [4.69, 9.17) is 33.3 Å². The first-order valence-corrected chi connectivity index (χ1v) is 11.9. The van der Waals surface area contributed by atoms with E-state index >= 15 is 0 Å². The number of thioether (sulfide) groups is 2. The van der Waals surface area contributed by atoms with Crippen molar-refractivity contribution in [1.29, 1.82) is 0 Å². The van der Waals surface area contributed by atoms with Crippen LogP contribution in [0, 0.1) is 0 Å². The average Bonchev–Trinajstić information content (AvgIpc) is 3.08. The molecule has 0 radical (unpaired) electrons. The Hall–Kier alpha value is -1.65. The molecule has 0 saturated carbocycles. The number of halogens is 1. The minimum Gasteiger partial charge on any atom is -0.497 e. The van der Waals surface area contributed by atoms with Gasteiger partial charge in [0.15, 0.2) is 0 Å². The van der Waals surface area contributed by atoms with Gasteiger partial charge in [-0.15, -0.1) is 11.8 Å². The van der Waals surface area contributed by atoms with Gasteiger partial charge in [0, 0.05) is 10.8 Å². The first kappa shape index (κ1) is 21.6. The number of hydrogen-bond acceptors (Lipinski definition) is 7. The molecule has 2 aliphatic rings. The van der Waals surface area contributed by atoms with E-state index in [1.807, 2.05) is 35.2 Å². The zero-order chi connectivity index (χ0) is 21.3. The summed E-state index contributed by atoms with van der Waals surface area (Å²) in [4.78, 5) is 14.7. The number of carbonyl (C=O) groups excluding carboxylic acids is 1. The standard InChI is InChI=1S/C20H20ClN3O3S3/c1-26-13-5-3-4-11(8-13)10-29-19-22-17-16(18(25)23-19)30-20(28)24(17)14-9-12(21)6-7-15(14)27-2/h3-9,16-17,19,22H,10H2,1-2H3,(H,23,25). The van der Waals surface area contributed by atoms with Gasteiger partial charge in [-0.3, -0.25) is 10.1 Å². The number of carbonyl (C=O) groups is 1. The van der Waals surface area contributed by atoms with Crippen molar-refractivity contribution in [3.05, 3.63) is 53.1 Å². The highest BCUT2D eigenvalue weighted by Crippen LogP contribution is 2.42.